The van der Waals surface area contributed by atoms with E-state index in [1.807, 2.05) is 51.1 Å². The summed E-state index contributed by atoms with van der Waals surface area (Å²) in [5.41, 5.74) is 0.961. The first kappa shape index (κ1) is 22.8. The van der Waals surface area contributed by atoms with Gasteiger partial charge in [0.2, 0.25) is 5.91 Å². The van der Waals surface area contributed by atoms with E-state index >= 15 is 0 Å². The highest BCUT2D eigenvalue weighted by molar-refractivity contribution is 6.30. The van der Waals surface area contributed by atoms with Crippen LogP contribution < -0.4 is 10.1 Å². The Balaban J connectivity index is 2.14. The molecule has 0 saturated carbocycles. The predicted molar refractivity (Wildman–Crippen MR) is 116 cm³/mol. The number of ether oxygens (including phenoxy) is 1. The molecule has 2 rings (SSSR count). The normalized spacial score (nSPS) is 11.8. The summed E-state index contributed by atoms with van der Waals surface area (Å²) in [6.07, 6.45) is 0.517. The van der Waals surface area contributed by atoms with E-state index in [-0.39, 0.29) is 18.4 Å². The van der Waals surface area contributed by atoms with E-state index in [1.54, 1.807) is 29.2 Å². The topological polar surface area (TPSA) is 58.6 Å². The summed E-state index contributed by atoms with van der Waals surface area (Å²) in [5, 5.41) is 3.55. The van der Waals surface area contributed by atoms with E-state index in [1.165, 1.54) is 0 Å². The van der Waals surface area contributed by atoms with E-state index in [0.717, 1.165) is 5.56 Å². The van der Waals surface area contributed by atoms with Crippen molar-refractivity contribution in [1.29, 1.82) is 0 Å². The molecule has 0 fully saturated rings. The van der Waals surface area contributed by atoms with Gasteiger partial charge in [-0.15, -0.1) is 0 Å². The van der Waals surface area contributed by atoms with Gasteiger partial charge in [0.05, 0.1) is 0 Å². The zero-order valence-corrected chi connectivity index (χ0v) is 18.0. The van der Waals surface area contributed by atoms with Gasteiger partial charge in [-0.1, -0.05) is 62.7 Å². The van der Waals surface area contributed by atoms with Gasteiger partial charge in [0.25, 0.3) is 5.91 Å². The van der Waals surface area contributed by atoms with Crippen LogP contribution in [0.5, 0.6) is 5.75 Å². The van der Waals surface area contributed by atoms with E-state index < -0.39 is 6.04 Å². The second kappa shape index (κ2) is 11.5. The molecule has 0 radical (unpaired) electrons. The molecular weight excluding hydrogens is 388 g/mol. The number of halogens is 1. The van der Waals surface area contributed by atoms with Crippen molar-refractivity contribution in [2.75, 3.05) is 13.2 Å². The zero-order valence-electron chi connectivity index (χ0n) is 17.2. The number of carbonyl (C=O) groups is 2. The summed E-state index contributed by atoms with van der Waals surface area (Å²) >= 11 is 5.89. The first-order chi connectivity index (χ1) is 13.9. The third-order valence-electron chi connectivity index (χ3n) is 4.44. The van der Waals surface area contributed by atoms with Crippen molar-refractivity contribution in [2.45, 2.75) is 39.8 Å². The first-order valence-corrected chi connectivity index (χ1v) is 10.3. The maximum absolute atomic E-state index is 13.0. The highest BCUT2D eigenvalue weighted by atomic mass is 35.5. The largest absolute Gasteiger partial charge is 0.484 e. The van der Waals surface area contributed by atoms with Crippen LogP contribution in [0.25, 0.3) is 0 Å². The molecule has 2 aromatic carbocycles. The van der Waals surface area contributed by atoms with Crippen LogP contribution in [0.15, 0.2) is 54.6 Å². The van der Waals surface area contributed by atoms with E-state index in [0.29, 0.717) is 36.2 Å². The van der Waals surface area contributed by atoms with E-state index in [2.05, 4.69) is 5.32 Å². The van der Waals surface area contributed by atoms with Gasteiger partial charge < -0.3 is 15.0 Å². The molecule has 1 atom stereocenters. The first-order valence-electron chi connectivity index (χ1n) is 9.90. The quantitative estimate of drug-likeness (QED) is 0.628. The van der Waals surface area contributed by atoms with Gasteiger partial charge in [-0.3, -0.25) is 9.59 Å². The van der Waals surface area contributed by atoms with Crippen molar-refractivity contribution in [2.24, 2.45) is 5.92 Å². The average Bonchev–Trinajstić information content (AvgIpc) is 2.72. The van der Waals surface area contributed by atoms with E-state index in [9.17, 15) is 9.59 Å². The van der Waals surface area contributed by atoms with Gasteiger partial charge in [0.1, 0.15) is 11.8 Å². The standard InChI is InChI=1S/C23H29ClN2O3/c1-4-21(23(28)25-14-17(2)3)26(15-18-8-6-5-7-9-18)22(27)16-29-20-12-10-19(24)11-13-20/h5-13,17,21H,4,14-16H2,1-3H3,(H,25,28)/t21-/m0/s1. The van der Waals surface area contributed by atoms with Crippen LogP contribution in [0.4, 0.5) is 0 Å². The van der Waals surface area contributed by atoms with E-state index in [4.69, 9.17) is 16.3 Å². The molecule has 0 aliphatic heterocycles. The Hall–Kier alpha value is -2.53. The molecule has 5 nitrogen and oxygen atoms in total. The second-order valence-corrected chi connectivity index (χ2v) is 7.75. The minimum absolute atomic E-state index is 0.142. The molecule has 0 aromatic heterocycles. The smallest absolute Gasteiger partial charge is 0.261 e. The van der Waals surface area contributed by atoms with Gasteiger partial charge >= 0.3 is 0 Å². The summed E-state index contributed by atoms with van der Waals surface area (Å²) < 4.78 is 5.63. The van der Waals surface area contributed by atoms with Crippen LogP contribution in [-0.2, 0) is 16.1 Å². The van der Waals surface area contributed by atoms with Gasteiger partial charge in [0, 0.05) is 18.1 Å². The summed E-state index contributed by atoms with van der Waals surface area (Å²) in [5.74, 6) is 0.509. The Morgan fingerprint density at radius 2 is 1.72 bits per heavy atom. The number of amides is 2. The molecule has 2 amide bonds. The summed E-state index contributed by atoms with van der Waals surface area (Å²) in [6.45, 7) is 6.75. The maximum atomic E-state index is 13.0. The van der Waals surface area contributed by atoms with Crippen LogP contribution in [0.1, 0.15) is 32.8 Å². The van der Waals surface area contributed by atoms with Crippen LogP contribution in [-0.4, -0.2) is 35.9 Å². The number of carbonyl (C=O) groups excluding carboxylic acids is 2. The predicted octanol–water partition coefficient (Wildman–Crippen LogP) is 4.30. The van der Waals surface area contributed by atoms with Crippen LogP contribution in [0, 0.1) is 5.92 Å². The van der Waals surface area contributed by atoms with Crippen molar-refractivity contribution < 1.29 is 14.3 Å². The van der Waals surface area contributed by atoms with Crippen molar-refractivity contribution in [3.05, 3.63) is 65.2 Å². The number of hydrogen-bond donors (Lipinski definition) is 1. The minimum atomic E-state index is -0.560. The Bertz CT molecular complexity index is 778. The lowest BCUT2D eigenvalue weighted by atomic mass is 10.1. The molecule has 0 heterocycles. The molecule has 2 aromatic rings. The van der Waals surface area contributed by atoms with Crippen LogP contribution in [0.2, 0.25) is 5.02 Å². The summed E-state index contributed by atoms with van der Waals surface area (Å²) in [7, 11) is 0. The molecule has 0 saturated heterocycles. The van der Waals surface area contributed by atoms with Crippen molar-refractivity contribution >= 4 is 23.4 Å². The number of hydrogen-bond acceptors (Lipinski definition) is 3. The van der Waals surface area contributed by atoms with Crippen LogP contribution >= 0.6 is 11.6 Å². The monoisotopic (exact) mass is 416 g/mol. The van der Waals surface area contributed by atoms with Gasteiger partial charge in [-0.25, -0.2) is 0 Å². The Labute approximate surface area is 178 Å². The zero-order chi connectivity index (χ0) is 21.2. The van der Waals surface area contributed by atoms with Gasteiger partial charge in [0.15, 0.2) is 6.61 Å². The molecule has 0 spiro atoms. The SMILES string of the molecule is CC[C@@H](C(=O)NCC(C)C)N(Cc1ccccc1)C(=O)COc1ccc(Cl)cc1. The van der Waals surface area contributed by atoms with Gasteiger partial charge in [-0.2, -0.15) is 0 Å². The fourth-order valence-electron chi connectivity index (χ4n) is 2.88. The lowest BCUT2D eigenvalue weighted by Crippen LogP contribution is -2.50. The lowest BCUT2D eigenvalue weighted by Gasteiger charge is -2.30. The molecule has 0 aliphatic rings. The van der Waals surface area contributed by atoms with Crippen molar-refractivity contribution in [3.63, 3.8) is 0 Å². The number of benzene rings is 2. The van der Waals surface area contributed by atoms with Crippen LogP contribution in [0.3, 0.4) is 0 Å². The number of nitrogens with one attached hydrogen (secondary N) is 1. The fraction of sp³-hybridized carbons (Fsp3) is 0.391. The fourth-order valence-corrected chi connectivity index (χ4v) is 3.01. The minimum Gasteiger partial charge on any atom is -0.484 e. The molecule has 0 aliphatic carbocycles. The molecule has 29 heavy (non-hydrogen) atoms. The molecule has 6 heteroatoms. The maximum Gasteiger partial charge on any atom is 0.261 e. The molecule has 156 valence electrons. The molecule has 0 bridgehead atoms. The number of nitrogens with zero attached hydrogens (tertiary/aromatic N) is 1. The third kappa shape index (κ3) is 7.42. The Morgan fingerprint density at radius 1 is 1.07 bits per heavy atom. The second-order valence-electron chi connectivity index (χ2n) is 7.31. The summed E-state index contributed by atoms with van der Waals surface area (Å²) in [4.78, 5) is 27.4. The average molecular weight is 417 g/mol. The third-order valence-corrected chi connectivity index (χ3v) is 4.69. The van der Waals surface area contributed by atoms with Gasteiger partial charge in [-0.05, 0) is 42.2 Å². The highest BCUT2D eigenvalue weighted by Crippen LogP contribution is 2.17. The Morgan fingerprint density at radius 3 is 2.31 bits per heavy atom. The summed E-state index contributed by atoms with van der Waals surface area (Å²) in [6, 6.07) is 15.9. The van der Waals surface area contributed by atoms with Crippen molar-refractivity contribution in [1.82, 2.24) is 10.2 Å². The molecule has 1 N–H and O–H groups in total. The molecule has 0 unspecified atom stereocenters. The lowest BCUT2D eigenvalue weighted by molar-refractivity contribution is -0.143. The number of rotatable bonds is 10. The highest BCUT2D eigenvalue weighted by Gasteiger charge is 2.28. The van der Waals surface area contributed by atoms with Crippen molar-refractivity contribution in [3.8, 4) is 5.75 Å². The Kier molecular flexibility index (Phi) is 9.00. The molecular formula is C23H29ClN2O3.